The molecule has 4 nitrogen and oxygen atoms in total. The second-order valence-corrected chi connectivity index (χ2v) is 1.57. The maximum Gasteiger partial charge on any atom is 2.00 e. The van der Waals surface area contributed by atoms with Crippen LogP contribution in [0.3, 0.4) is 0 Å². The fourth-order valence-corrected chi connectivity index (χ4v) is 0. The molecule has 0 aromatic carbocycles. The summed E-state index contributed by atoms with van der Waals surface area (Å²) in [6.45, 7) is 0. The van der Waals surface area contributed by atoms with Gasteiger partial charge in [-0.15, -0.1) is 9.05 Å². The fraction of sp³-hybridized carbons (Fsp3) is 0. The van der Waals surface area contributed by atoms with E-state index in [1.807, 2.05) is 0 Å². The molecule has 0 radical (unpaired) electrons. The molecule has 7 heavy (non-hydrogen) atoms. The zero-order chi connectivity index (χ0) is 4.50. The number of hydrogen-bond donors (Lipinski definition) is 1. The molecule has 0 heterocycles. The van der Waals surface area contributed by atoms with Crippen molar-refractivity contribution in [1.29, 1.82) is 0 Å². The number of rotatable bonds is 0. The molecule has 0 aliphatic carbocycles. The van der Waals surface area contributed by atoms with Gasteiger partial charge < -0.3 is 19.2 Å². The molecule has 0 aliphatic rings. The van der Waals surface area contributed by atoms with Gasteiger partial charge in [0.25, 0.3) is 0 Å². The minimum Gasteiger partial charge on any atom is -0.861 e. The van der Waals surface area contributed by atoms with Crippen LogP contribution in [0.4, 0.5) is 0 Å². The van der Waals surface area contributed by atoms with E-state index in [0.717, 1.165) is 0 Å². The summed E-state index contributed by atoms with van der Waals surface area (Å²) in [6, 6.07) is 0. The zero-order valence-electron chi connectivity index (χ0n) is 3.53. The van der Waals surface area contributed by atoms with E-state index < -0.39 is 9.05 Å². The molecule has 0 bridgehead atoms. The van der Waals surface area contributed by atoms with Crippen molar-refractivity contribution in [2.45, 2.75) is 0 Å². The van der Waals surface area contributed by atoms with Gasteiger partial charge >= 0.3 is 68.5 Å². The second kappa shape index (κ2) is 6.33. The minimum atomic E-state index is -5.36. The van der Waals surface area contributed by atoms with Gasteiger partial charge in [-0.3, -0.25) is 0 Å². The summed E-state index contributed by atoms with van der Waals surface area (Å²) in [5.41, 5.74) is 0. The normalized spacial score (nSPS) is 8.57. The van der Waals surface area contributed by atoms with E-state index in [-0.39, 0.29) is 68.5 Å². The summed E-state index contributed by atoms with van der Waals surface area (Å²) in [4.78, 5) is 33.1. The van der Waals surface area contributed by atoms with E-state index in [4.69, 9.17) is 19.2 Å². The molecule has 7 heteroatoms. The third-order valence-corrected chi connectivity index (χ3v) is 0. The summed E-state index contributed by atoms with van der Waals surface area (Å²) in [5, 5.41) is 0. The summed E-state index contributed by atoms with van der Waals surface area (Å²) in [7, 11) is -5.36. The van der Waals surface area contributed by atoms with E-state index in [1.54, 1.807) is 0 Å². The quantitative estimate of drug-likeness (QED) is 0.382. The average Bonchev–Trinajstić information content (AvgIpc) is 0.722. The SMILES string of the molecule is [Fe+2].[K+].[O-][Si]([O-])([O-])O. The zero-order valence-corrected chi connectivity index (χ0v) is 8.75. The molecule has 0 saturated carbocycles. The molecule has 0 aromatic rings. The first-order valence-electron chi connectivity index (χ1n) is 0.836. The molecule has 0 fully saturated rings. The Hall–Kier alpha value is 2.21. The van der Waals surface area contributed by atoms with Crippen molar-refractivity contribution < 1.29 is 87.6 Å². The first-order valence-corrected chi connectivity index (χ1v) is 2.51. The van der Waals surface area contributed by atoms with E-state index in [0.29, 0.717) is 0 Å². The van der Waals surface area contributed by atoms with Crippen LogP contribution in [0, 0.1) is 0 Å². The van der Waals surface area contributed by atoms with Crippen molar-refractivity contribution in [3.8, 4) is 0 Å². The average molecular weight is 188 g/mol. The summed E-state index contributed by atoms with van der Waals surface area (Å²) in [6.07, 6.45) is 0. The van der Waals surface area contributed by atoms with Crippen molar-refractivity contribution in [1.82, 2.24) is 0 Å². The molecule has 1 N–H and O–H groups in total. The molecule has 0 unspecified atom stereocenters. The van der Waals surface area contributed by atoms with Gasteiger partial charge in [0.2, 0.25) is 0 Å². The van der Waals surface area contributed by atoms with Crippen LogP contribution < -0.4 is 65.8 Å². The molecule has 38 valence electrons. The Balaban J connectivity index is -0.0000000800. The van der Waals surface area contributed by atoms with Crippen molar-refractivity contribution in [2.24, 2.45) is 0 Å². The van der Waals surface area contributed by atoms with Crippen molar-refractivity contribution in [3.63, 3.8) is 0 Å². The van der Waals surface area contributed by atoms with Gasteiger partial charge in [-0.2, -0.15) is 0 Å². The van der Waals surface area contributed by atoms with Crippen LogP contribution in [0.25, 0.3) is 0 Å². The Morgan fingerprint density at radius 3 is 1.14 bits per heavy atom. The predicted octanol–water partition coefficient (Wildman–Crippen LogP) is -7.50. The minimum absolute atomic E-state index is 0. The molecule has 0 saturated heterocycles. The van der Waals surface area contributed by atoms with Gasteiger partial charge in [0.05, 0.1) is 0 Å². The monoisotopic (exact) mass is 188 g/mol. The van der Waals surface area contributed by atoms with Crippen molar-refractivity contribution in [2.75, 3.05) is 0 Å². The topological polar surface area (TPSA) is 89.4 Å². The Labute approximate surface area is 94.9 Å². The molecule has 0 amide bonds. The predicted molar refractivity (Wildman–Crippen MR) is 7.97 cm³/mol. The van der Waals surface area contributed by atoms with E-state index >= 15 is 0 Å². The smallest absolute Gasteiger partial charge is 0.861 e. The van der Waals surface area contributed by atoms with E-state index in [1.165, 1.54) is 0 Å². The van der Waals surface area contributed by atoms with Gasteiger partial charge in [-0.05, 0) is 0 Å². The first-order chi connectivity index (χ1) is 2.00. The van der Waals surface area contributed by atoms with Crippen molar-refractivity contribution in [3.05, 3.63) is 0 Å². The Bertz CT molecular complexity index is 27.2. The van der Waals surface area contributed by atoms with Gasteiger partial charge in [-0.1, -0.05) is 0 Å². The third kappa shape index (κ3) is 64.7. The molecule has 0 aromatic heterocycles. The van der Waals surface area contributed by atoms with Gasteiger partial charge in [-0.25, -0.2) is 0 Å². The van der Waals surface area contributed by atoms with Crippen LogP contribution in [0.2, 0.25) is 0 Å². The van der Waals surface area contributed by atoms with Crippen LogP contribution in [-0.4, -0.2) is 13.8 Å². The molecular formula is HFeKO4Si. The summed E-state index contributed by atoms with van der Waals surface area (Å²) in [5.74, 6) is 0. The molecular weight excluding hydrogens is 187 g/mol. The van der Waals surface area contributed by atoms with Crippen LogP contribution in [0.15, 0.2) is 0 Å². The molecule has 0 aliphatic heterocycles. The second-order valence-electron chi connectivity index (χ2n) is 0.524. The first kappa shape index (κ1) is 16.1. The van der Waals surface area contributed by atoms with Gasteiger partial charge in [0, 0.05) is 0 Å². The molecule has 0 rings (SSSR count). The Morgan fingerprint density at radius 2 is 1.14 bits per heavy atom. The third-order valence-electron chi connectivity index (χ3n) is 0. The fourth-order valence-electron chi connectivity index (χ4n) is 0. The molecule has 0 atom stereocenters. The summed E-state index contributed by atoms with van der Waals surface area (Å²) >= 11 is 0. The van der Waals surface area contributed by atoms with Gasteiger partial charge in [0.15, 0.2) is 0 Å². The standard InChI is InChI=1S/Fe.K.HO4Si/c;;1-5(2,3)4/h;;1H/q+2;+1;-3. The maximum absolute atomic E-state index is 8.69. The number of hydrogen-bond acceptors (Lipinski definition) is 4. The molecule has 0 spiro atoms. The van der Waals surface area contributed by atoms with Crippen molar-refractivity contribution >= 4 is 9.05 Å². The van der Waals surface area contributed by atoms with Crippen LogP contribution in [0.1, 0.15) is 0 Å². The van der Waals surface area contributed by atoms with Crippen LogP contribution >= 0.6 is 0 Å². The van der Waals surface area contributed by atoms with Crippen LogP contribution in [0.5, 0.6) is 0 Å². The van der Waals surface area contributed by atoms with E-state index in [2.05, 4.69) is 0 Å². The maximum atomic E-state index is 8.69. The largest absolute Gasteiger partial charge is 2.00 e. The van der Waals surface area contributed by atoms with Crippen LogP contribution in [-0.2, 0) is 17.1 Å². The van der Waals surface area contributed by atoms with E-state index in [9.17, 15) is 0 Å². The Morgan fingerprint density at radius 1 is 1.14 bits per heavy atom. The Kier molecular flexibility index (Phi) is 14.6. The van der Waals surface area contributed by atoms with Gasteiger partial charge in [0.1, 0.15) is 0 Å². The summed E-state index contributed by atoms with van der Waals surface area (Å²) < 4.78 is 0.